The summed E-state index contributed by atoms with van der Waals surface area (Å²) in [6, 6.07) is 15.2. The fourth-order valence-electron chi connectivity index (χ4n) is 5.32. The first-order valence-electron chi connectivity index (χ1n) is 14.5. The molecule has 0 bridgehead atoms. The van der Waals surface area contributed by atoms with E-state index in [0.717, 1.165) is 61.4 Å². The quantitative estimate of drug-likeness (QED) is 0.275. The van der Waals surface area contributed by atoms with Crippen molar-refractivity contribution in [2.75, 3.05) is 23.8 Å². The third-order valence-corrected chi connectivity index (χ3v) is 7.86. The van der Waals surface area contributed by atoms with Crippen LogP contribution in [0, 0.1) is 5.92 Å². The Kier molecular flexibility index (Phi) is 8.64. The lowest BCUT2D eigenvalue weighted by Crippen LogP contribution is -2.35. The van der Waals surface area contributed by atoms with Crippen LogP contribution in [0.2, 0.25) is 0 Å². The minimum absolute atomic E-state index is 0.203. The molecule has 8 heteroatoms. The van der Waals surface area contributed by atoms with Gasteiger partial charge in [0.25, 0.3) is 0 Å². The molecule has 2 aromatic heterocycles. The maximum atomic E-state index is 12.1. The van der Waals surface area contributed by atoms with E-state index in [2.05, 4.69) is 48.5 Å². The Hall–Kier alpha value is -3.52. The number of aryl methyl sites for hydroxylation is 2. The number of aliphatic carboxylic acids is 1. The lowest BCUT2D eigenvalue weighted by molar-refractivity contribution is -0.138. The van der Waals surface area contributed by atoms with Crippen molar-refractivity contribution in [1.82, 2.24) is 15.0 Å². The van der Waals surface area contributed by atoms with Crippen LogP contribution in [0.25, 0.3) is 11.4 Å². The summed E-state index contributed by atoms with van der Waals surface area (Å²) in [4.78, 5) is 26.3. The van der Waals surface area contributed by atoms with Crippen LogP contribution in [0.1, 0.15) is 69.8 Å². The number of nitrogens with one attached hydrogen (secondary N) is 2. The van der Waals surface area contributed by atoms with Gasteiger partial charge in [0.2, 0.25) is 0 Å². The second-order valence-corrected chi connectivity index (χ2v) is 12.1. The maximum Gasteiger partial charge on any atom is 0.326 e. The van der Waals surface area contributed by atoms with Gasteiger partial charge in [-0.15, -0.1) is 0 Å². The number of fused-ring (bicyclic) bond motifs is 1. The van der Waals surface area contributed by atoms with E-state index in [1.165, 1.54) is 12.0 Å². The number of pyridine rings is 1. The molecular formula is C32H41N5O3. The highest BCUT2D eigenvalue weighted by Crippen LogP contribution is 2.34. The second-order valence-electron chi connectivity index (χ2n) is 12.1. The number of carboxylic acids is 1. The molecule has 1 aliphatic carbocycles. The van der Waals surface area contributed by atoms with Crippen LogP contribution in [-0.2, 0) is 27.8 Å². The molecule has 212 valence electrons. The van der Waals surface area contributed by atoms with Gasteiger partial charge >= 0.3 is 5.97 Å². The van der Waals surface area contributed by atoms with Crippen LogP contribution in [0.15, 0.2) is 48.5 Å². The van der Waals surface area contributed by atoms with Crippen LogP contribution in [0.5, 0.6) is 0 Å². The average Bonchev–Trinajstić information content (AvgIpc) is 2.92. The lowest BCUT2D eigenvalue weighted by atomic mass is 9.79. The highest BCUT2D eigenvalue weighted by molar-refractivity contribution is 5.77. The van der Waals surface area contributed by atoms with Gasteiger partial charge in [-0.25, -0.2) is 19.7 Å². The number of nitrogens with zero attached hydrogens (tertiary/aromatic N) is 3. The summed E-state index contributed by atoms with van der Waals surface area (Å²) >= 11 is 0. The number of rotatable bonds is 11. The molecule has 0 unspecified atom stereocenters. The summed E-state index contributed by atoms with van der Waals surface area (Å²) in [5.41, 5.74) is 4.02. The molecule has 2 aliphatic rings. The Morgan fingerprint density at radius 3 is 2.67 bits per heavy atom. The van der Waals surface area contributed by atoms with Crippen molar-refractivity contribution in [2.24, 2.45) is 5.92 Å². The van der Waals surface area contributed by atoms with E-state index in [1.807, 2.05) is 36.4 Å². The SMILES string of the molecule is CC(C)(C)c1cc(N[C@@H](CCOC2CC(CCc3ccc4c(n3)NCCC4)C2)C(=O)O)nc(-c2ccccc2)n1. The number of hydrogen-bond donors (Lipinski definition) is 3. The van der Waals surface area contributed by atoms with Crippen molar-refractivity contribution in [3.8, 4) is 11.4 Å². The number of anilines is 2. The largest absolute Gasteiger partial charge is 0.480 e. The molecule has 3 aromatic rings. The molecule has 0 amide bonds. The Balaban J connectivity index is 1.10. The third-order valence-electron chi connectivity index (χ3n) is 7.86. The van der Waals surface area contributed by atoms with Gasteiger partial charge in [0, 0.05) is 42.3 Å². The van der Waals surface area contributed by atoms with Gasteiger partial charge in [0.15, 0.2) is 5.82 Å². The molecule has 3 N–H and O–H groups in total. The molecular weight excluding hydrogens is 502 g/mol. The summed E-state index contributed by atoms with van der Waals surface area (Å²) in [6.45, 7) is 7.66. The molecule has 3 heterocycles. The van der Waals surface area contributed by atoms with Gasteiger partial charge in [-0.05, 0) is 56.1 Å². The van der Waals surface area contributed by atoms with Crippen LogP contribution >= 0.6 is 0 Å². The predicted molar refractivity (Wildman–Crippen MR) is 158 cm³/mol. The number of aromatic nitrogens is 3. The number of carboxylic acid groups (broad SMARTS) is 1. The minimum atomic E-state index is -0.917. The standard InChI is InChI=1S/C32H41N5O3/c1-32(2,3)27-20-28(37-30(36-27)22-8-5-4-6-9-22)35-26(31(38)39)15-17-40-25-18-21(19-25)11-13-24-14-12-23-10-7-16-33-29(23)34-24/h4-6,8-9,12,14,20-21,25-26H,7,10-11,13,15-19H2,1-3H3,(H,33,34)(H,38,39)(H,35,36,37)/t21?,25?,26-/m0/s1. The van der Waals surface area contributed by atoms with Gasteiger partial charge in [0.05, 0.1) is 11.8 Å². The van der Waals surface area contributed by atoms with E-state index in [9.17, 15) is 9.90 Å². The first-order valence-corrected chi connectivity index (χ1v) is 14.5. The Labute approximate surface area is 237 Å². The molecule has 8 nitrogen and oxygen atoms in total. The Morgan fingerprint density at radius 2 is 1.93 bits per heavy atom. The van der Waals surface area contributed by atoms with Gasteiger partial charge < -0.3 is 20.5 Å². The number of carbonyl (C=O) groups is 1. The molecule has 1 aliphatic heterocycles. The van der Waals surface area contributed by atoms with Crippen molar-refractivity contribution in [3.63, 3.8) is 0 Å². The molecule has 0 spiro atoms. The van der Waals surface area contributed by atoms with Crippen LogP contribution in [-0.4, -0.2) is 51.3 Å². The van der Waals surface area contributed by atoms with E-state index in [-0.39, 0.29) is 11.5 Å². The molecule has 1 atom stereocenters. The smallest absolute Gasteiger partial charge is 0.326 e. The zero-order chi connectivity index (χ0) is 28.1. The molecule has 0 radical (unpaired) electrons. The summed E-state index contributed by atoms with van der Waals surface area (Å²) in [7, 11) is 0. The fraction of sp³-hybridized carbons (Fsp3) is 0.500. The van der Waals surface area contributed by atoms with Gasteiger partial charge in [0.1, 0.15) is 17.7 Å². The lowest BCUT2D eigenvalue weighted by Gasteiger charge is -2.35. The average molecular weight is 544 g/mol. The summed E-state index contributed by atoms with van der Waals surface area (Å²) < 4.78 is 6.06. The molecule has 40 heavy (non-hydrogen) atoms. The normalized spacial score (nSPS) is 19.2. The van der Waals surface area contributed by atoms with Crippen LogP contribution < -0.4 is 10.6 Å². The fourth-order valence-corrected chi connectivity index (χ4v) is 5.32. The summed E-state index contributed by atoms with van der Waals surface area (Å²) in [5.74, 6) is 1.88. The van der Waals surface area contributed by atoms with Gasteiger partial charge in [-0.1, -0.05) is 57.2 Å². The van der Waals surface area contributed by atoms with Crippen molar-refractivity contribution < 1.29 is 14.6 Å². The highest BCUT2D eigenvalue weighted by Gasteiger charge is 2.30. The van der Waals surface area contributed by atoms with E-state index in [4.69, 9.17) is 14.7 Å². The topological polar surface area (TPSA) is 109 Å². The van der Waals surface area contributed by atoms with Crippen LogP contribution in [0.3, 0.4) is 0 Å². The molecule has 0 saturated heterocycles. The van der Waals surface area contributed by atoms with Crippen molar-refractivity contribution in [3.05, 3.63) is 65.5 Å². The van der Waals surface area contributed by atoms with E-state index in [0.29, 0.717) is 30.6 Å². The predicted octanol–water partition coefficient (Wildman–Crippen LogP) is 5.88. The minimum Gasteiger partial charge on any atom is -0.480 e. The van der Waals surface area contributed by atoms with E-state index >= 15 is 0 Å². The van der Waals surface area contributed by atoms with Gasteiger partial charge in [-0.2, -0.15) is 0 Å². The van der Waals surface area contributed by atoms with Crippen LogP contribution in [0.4, 0.5) is 11.6 Å². The first-order chi connectivity index (χ1) is 19.2. The number of benzene rings is 1. The molecule has 1 fully saturated rings. The number of hydrogen-bond acceptors (Lipinski definition) is 7. The molecule has 1 saturated carbocycles. The second kappa shape index (κ2) is 12.3. The Bertz CT molecular complexity index is 1300. The van der Waals surface area contributed by atoms with E-state index in [1.54, 1.807) is 0 Å². The summed E-state index contributed by atoms with van der Waals surface area (Å²) in [5, 5.41) is 16.5. The zero-order valence-electron chi connectivity index (χ0n) is 23.8. The zero-order valence-corrected chi connectivity index (χ0v) is 23.8. The third kappa shape index (κ3) is 7.16. The molecule has 5 rings (SSSR count). The molecule has 1 aromatic carbocycles. The first kappa shape index (κ1) is 28.0. The van der Waals surface area contributed by atoms with Crippen molar-refractivity contribution in [2.45, 2.75) is 83.3 Å². The van der Waals surface area contributed by atoms with E-state index < -0.39 is 12.0 Å². The summed E-state index contributed by atoms with van der Waals surface area (Å²) in [6.07, 6.45) is 6.99. The van der Waals surface area contributed by atoms with Crippen molar-refractivity contribution >= 4 is 17.6 Å². The maximum absolute atomic E-state index is 12.1. The van der Waals surface area contributed by atoms with Crippen molar-refractivity contribution in [1.29, 1.82) is 0 Å². The monoisotopic (exact) mass is 543 g/mol. The Morgan fingerprint density at radius 1 is 1.12 bits per heavy atom. The highest BCUT2D eigenvalue weighted by atomic mass is 16.5. The van der Waals surface area contributed by atoms with Gasteiger partial charge in [-0.3, -0.25) is 0 Å². The number of ether oxygens (including phenoxy) is 1.